The van der Waals surface area contributed by atoms with Crippen LogP contribution in [0.15, 0.2) is 24.5 Å². The largest absolute Gasteiger partial charge is 0.481 e. The zero-order valence-electron chi connectivity index (χ0n) is 11.9. The van der Waals surface area contributed by atoms with Crippen LogP contribution >= 0.6 is 11.6 Å². The number of carbonyl (C=O) groups excluding carboxylic acids is 1. The van der Waals surface area contributed by atoms with Crippen molar-refractivity contribution in [2.75, 3.05) is 11.4 Å². The third-order valence-electron chi connectivity index (χ3n) is 3.07. The van der Waals surface area contributed by atoms with Crippen molar-refractivity contribution in [3.63, 3.8) is 0 Å². The van der Waals surface area contributed by atoms with E-state index in [1.807, 2.05) is 0 Å². The Morgan fingerprint density at radius 3 is 2.77 bits per heavy atom. The van der Waals surface area contributed by atoms with E-state index in [9.17, 15) is 9.59 Å². The first-order valence-corrected chi connectivity index (χ1v) is 7.08. The summed E-state index contributed by atoms with van der Waals surface area (Å²) in [6.07, 6.45) is 2.92. The summed E-state index contributed by atoms with van der Waals surface area (Å²) in [6, 6.07) is 3.56. The van der Waals surface area contributed by atoms with E-state index in [-0.39, 0.29) is 23.9 Å². The molecular weight excluding hydrogens is 308 g/mol. The van der Waals surface area contributed by atoms with Gasteiger partial charge in [0.15, 0.2) is 0 Å². The number of halogens is 1. The Morgan fingerprint density at radius 1 is 1.41 bits per heavy atom. The predicted molar refractivity (Wildman–Crippen MR) is 81.7 cm³/mol. The molecular formula is C14H15ClN4O3. The number of anilines is 1. The highest BCUT2D eigenvalue weighted by Gasteiger charge is 2.24. The Bertz CT molecular complexity index is 672. The first-order chi connectivity index (χ1) is 10.5. The lowest BCUT2D eigenvalue weighted by atomic mass is 10.1. The molecule has 2 heterocycles. The van der Waals surface area contributed by atoms with Crippen molar-refractivity contribution in [1.82, 2.24) is 15.2 Å². The van der Waals surface area contributed by atoms with Crippen molar-refractivity contribution in [3.05, 3.63) is 29.7 Å². The summed E-state index contributed by atoms with van der Waals surface area (Å²) in [5.74, 6) is -1.34. The number of aromatic amines is 1. The van der Waals surface area contributed by atoms with Gasteiger partial charge >= 0.3 is 5.97 Å². The Labute approximate surface area is 131 Å². The van der Waals surface area contributed by atoms with Crippen molar-refractivity contribution in [3.8, 4) is 11.3 Å². The fraction of sp³-hybridized carbons (Fsp3) is 0.286. The third kappa shape index (κ3) is 3.43. The minimum Gasteiger partial charge on any atom is -0.481 e. The number of nitrogens with zero attached hydrogens (tertiary/aromatic N) is 3. The summed E-state index contributed by atoms with van der Waals surface area (Å²) < 4.78 is 0. The van der Waals surface area contributed by atoms with Gasteiger partial charge in [0.25, 0.3) is 0 Å². The minimum atomic E-state index is -1.02. The highest BCUT2D eigenvalue weighted by Crippen LogP contribution is 2.34. The Hall–Kier alpha value is -2.41. The maximum absolute atomic E-state index is 12.3. The number of amides is 1. The number of rotatable bonds is 6. The van der Waals surface area contributed by atoms with E-state index in [2.05, 4.69) is 15.2 Å². The van der Waals surface area contributed by atoms with E-state index in [0.717, 1.165) is 0 Å². The van der Waals surface area contributed by atoms with Crippen LogP contribution < -0.4 is 4.90 Å². The molecule has 0 aliphatic rings. The fourth-order valence-electron chi connectivity index (χ4n) is 2.07. The van der Waals surface area contributed by atoms with Crippen LogP contribution in [0.25, 0.3) is 11.3 Å². The van der Waals surface area contributed by atoms with Gasteiger partial charge in [-0.05, 0) is 19.1 Å². The zero-order chi connectivity index (χ0) is 16.1. The lowest BCUT2D eigenvalue weighted by molar-refractivity contribution is -0.138. The molecule has 1 amide bonds. The zero-order valence-corrected chi connectivity index (χ0v) is 12.7. The quantitative estimate of drug-likeness (QED) is 0.850. The molecule has 2 aromatic rings. The van der Waals surface area contributed by atoms with Gasteiger partial charge in [0.2, 0.25) is 5.91 Å². The molecule has 0 bridgehead atoms. The molecule has 0 atom stereocenters. The summed E-state index contributed by atoms with van der Waals surface area (Å²) in [4.78, 5) is 28.3. The fourth-order valence-corrected chi connectivity index (χ4v) is 2.31. The SMILES string of the molecule is CCN(C(=O)CCC(=O)O)c1c(-c2cccnc2)n[nH]c1Cl. The molecule has 8 heteroatoms. The number of carboxylic acid groups (broad SMARTS) is 1. The van der Waals surface area contributed by atoms with Gasteiger partial charge in [0, 0.05) is 30.9 Å². The number of pyridine rings is 1. The van der Waals surface area contributed by atoms with Crippen molar-refractivity contribution in [2.24, 2.45) is 0 Å². The summed E-state index contributed by atoms with van der Waals surface area (Å²) in [5.41, 5.74) is 1.65. The van der Waals surface area contributed by atoms with Crippen molar-refractivity contribution >= 4 is 29.2 Å². The van der Waals surface area contributed by atoms with E-state index in [0.29, 0.717) is 23.5 Å². The molecule has 2 aromatic heterocycles. The van der Waals surface area contributed by atoms with Crippen LogP contribution in [0.1, 0.15) is 19.8 Å². The highest BCUT2D eigenvalue weighted by molar-refractivity contribution is 6.33. The molecule has 0 aliphatic carbocycles. The first-order valence-electron chi connectivity index (χ1n) is 6.71. The van der Waals surface area contributed by atoms with Gasteiger partial charge < -0.3 is 10.0 Å². The highest BCUT2D eigenvalue weighted by atomic mass is 35.5. The number of hydrogen-bond donors (Lipinski definition) is 2. The van der Waals surface area contributed by atoms with Crippen molar-refractivity contribution in [1.29, 1.82) is 0 Å². The first kappa shape index (κ1) is 16.0. The van der Waals surface area contributed by atoms with Crippen LogP contribution in [0.5, 0.6) is 0 Å². The second-order valence-electron chi connectivity index (χ2n) is 4.51. The maximum atomic E-state index is 12.3. The number of carbonyl (C=O) groups is 2. The van der Waals surface area contributed by atoms with E-state index < -0.39 is 5.97 Å². The molecule has 0 saturated carbocycles. The van der Waals surface area contributed by atoms with E-state index in [1.54, 1.807) is 31.5 Å². The maximum Gasteiger partial charge on any atom is 0.303 e. The molecule has 0 radical (unpaired) electrons. The van der Waals surface area contributed by atoms with Crippen molar-refractivity contribution < 1.29 is 14.7 Å². The van der Waals surface area contributed by atoms with Crippen LogP contribution in [0, 0.1) is 0 Å². The van der Waals surface area contributed by atoms with E-state index in [1.165, 1.54) is 4.90 Å². The smallest absolute Gasteiger partial charge is 0.303 e. The Morgan fingerprint density at radius 2 is 2.18 bits per heavy atom. The molecule has 2 N–H and O–H groups in total. The molecule has 0 unspecified atom stereocenters. The molecule has 116 valence electrons. The van der Waals surface area contributed by atoms with Crippen molar-refractivity contribution in [2.45, 2.75) is 19.8 Å². The van der Waals surface area contributed by atoms with Crippen LogP contribution in [0.4, 0.5) is 5.69 Å². The number of carboxylic acids is 1. The van der Waals surface area contributed by atoms with Gasteiger partial charge in [0.1, 0.15) is 16.5 Å². The molecule has 0 aliphatic heterocycles. The van der Waals surface area contributed by atoms with Gasteiger partial charge in [-0.1, -0.05) is 11.6 Å². The summed E-state index contributed by atoms with van der Waals surface area (Å²) in [6.45, 7) is 2.14. The summed E-state index contributed by atoms with van der Waals surface area (Å²) in [7, 11) is 0. The molecule has 0 saturated heterocycles. The van der Waals surface area contributed by atoms with Gasteiger partial charge in [0.05, 0.1) is 6.42 Å². The minimum absolute atomic E-state index is 0.100. The topological polar surface area (TPSA) is 99.2 Å². The van der Waals surface area contributed by atoms with Gasteiger partial charge in [-0.15, -0.1) is 0 Å². The second-order valence-corrected chi connectivity index (χ2v) is 4.89. The molecule has 2 rings (SSSR count). The average Bonchev–Trinajstić information content (AvgIpc) is 2.89. The van der Waals surface area contributed by atoms with Crippen LogP contribution in [-0.2, 0) is 9.59 Å². The van der Waals surface area contributed by atoms with Crippen LogP contribution in [0.3, 0.4) is 0 Å². The molecule has 22 heavy (non-hydrogen) atoms. The Balaban J connectivity index is 2.35. The molecule has 0 fully saturated rings. The van der Waals surface area contributed by atoms with Crippen LogP contribution in [0.2, 0.25) is 5.15 Å². The molecule has 7 nitrogen and oxygen atoms in total. The standard InChI is InChI=1S/C14H15ClN4O3/c1-2-19(10(20)5-6-11(21)22)13-12(17-18-14(13)15)9-4-3-7-16-8-9/h3-4,7-8H,2,5-6H2,1H3,(H,17,18)(H,21,22). The van der Waals surface area contributed by atoms with Gasteiger partial charge in [-0.25, -0.2) is 0 Å². The predicted octanol–water partition coefficient (Wildman–Crippen LogP) is 2.34. The van der Waals surface area contributed by atoms with E-state index >= 15 is 0 Å². The molecule has 0 spiro atoms. The number of aromatic nitrogens is 3. The number of H-pyrrole nitrogens is 1. The summed E-state index contributed by atoms with van der Waals surface area (Å²) >= 11 is 6.13. The average molecular weight is 323 g/mol. The third-order valence-corrected chi connectivity index (χ3v) is 3.34. The van der Waals surface area contributed by atoms with E-state index in [4.69, 9.17) is 16.7 Å². The lowest BCUT2D eigenvalue weighted by Crippen LogP contribution is -2.31. The van der Waals surface area contributed by atoms with Gasteiger partial charge in [-0.2, -0.15) is 5.10 Å². The lowest BCUT2D eigenvalue weighted by Gasteiger charge is -2.21. The summed E-state index contributed by atoms with van der Waals surface area (Å²) in [5, 5.41) is 15.7. The number of nitrogens with one attached hydrogen (secondary N) is 1. The number of aliphatic carboxylic acids is 1. The number of hydrogen-bond acceptors (Lipinski definition) is 4. The van der Waals surface area contributed by atoms with Gasteiger partial charge in [-0.3, -0.25) is 19.7 Å². The monoisotopic (exact) mass is 322 g/mol. The second kappa shape index (κ2) is 7.04. The molecule has 0 aromatic carbocycles. The normalized spacial score (nSPS) is 10.5. The Kier molecular flexibility index (Phi) is 5.11. The van der Waals surface area contributed by atoms with Crippen LogP contribution in [-0.4, -0.2) is 38.7 Å².